The van der Waals surface area contributed by atoms with Crippen molar-refractivity contribution in [3.63, 3.8) is 0 Å². The van der Waals surface area contributed by atoms with E-state index in [1.807, 2.05) is 0 Å². The van der Waals surface area contributed by atoms with Gasteiger partial charge < -0.3 is 45.2 Å². The summed E-state index contributed by atoms with van der Waals surface area (Å²) >= 11 is 0. The molecule has 3 aromatic rings. The first-order chi connectivity index (χ1) is 22.1. The van der Waals surface area contributed by atoms with Crippen LogP contribution in [0.25, 0.3) is 0 Å². The van der Waals surface area contributed by atoms with E-state index in [9.17, 15) is 50.1 Å². The molecule has 0 spiro atoms. The number of hydrogen-bond donors (Lipinski definition) is 7. The van der Waals surface area contributed by atoms with E-state index >= 15 is 0 Å². The largest absolute Gasteiger partial charge is 0.507 e. The summed E-state index contributed by atoms with van der Waals surface area (Å²) < 4.78 is 10.9. The molecule has 0 radical (unpaired) electrons. The van der Waals surface area contributed by atoms with Crippen molar-refractivity contribution in [1.29, 1.82) is 0 Å². The third-order valence-corrected chi connectivity index (χ3v) is 8.30. The maximum atomic E-state index is 13.3. The Kier molecular flexibility index (Phi) is 11.2. The molecule has 0 aliphatic rings. The van der Waals surface area contributed by atoms with Gasteiger partial charge in [0.05, 0.1) is 14.2 Å². The maximum Gasteiger partial charge on any atom is 0.170 e. The minimum Gasteiger partial charge on any atom is -0.507 e. The summed E-state index contributed by atoms with van der Waals surface area (Å²) in [5.74, 6) is -6.61. The van der Waals surface area contributed by atoms with E-state index in [-0.39, 0.29) is 75.3 Å². The summed E-state index contributed by atoms with van der Waals surface area (Å²) in [5.41, 5.74) is -2.00. The highest BCUT2D eigenvalue weighted by Crippen LogP contribution is 2.51. The lowest BCUT2D eigenvalue weighted by Gasteiger charge is -2.23. The van der Waals surface area contributed by atoms with Crippen LogP contribution in [-0.2, 0) is 12.8 Å². The Morgan fingerprint density at radius 3 is 1.13 bits per heavy atom. The van der Waals surface area contributed by atoms with Gasteiger partial charge in [0.2, 0.25) is 0 Å². The van der Waals surface area contributed by atoms with E-state index in [1.165, 1.54) is 35.0 Å². The van der Waals surface area contributed by atoms with Gasteiger partial charge in [0.25, 0.3) is 0 Å². The number of aromatic hydroxyl groups is 7. The average molecular weight is 655 g/mol. The van der Waals surface area contributed by atoms with Gasteiger partial charge in [0.1, 0.15) is 68.4 Å². The van der Waals surface area contributed by atoms with Crippen molar-refractivity contribution in [3.05, 3.63) is 50.1 Å². The third-order valence-electron chi connectivity index (χ3n) is 8.30. The zero-order valence-electron chi connectivity index (χ0n) is 27.6. The number of carbonyl (C=O) groups is 3. The molecule has 0 fully saturated rings. The summed E-state index contributed by atoms with van der Waals surface area (Å²) in [6, 6.07) is 0. The molecule has 0 amide bonds. The smallest absolute Gasteiger partial charge is 0.170 e. The molecular weight excluding hydrogens is 612 g/mol. The Morgan fingerprint density at radius 1 is 0.489 bits per heavy atom. The van der Waals surface area contributed by atoms with Crippen molar-refractivity contribution in [2.45, 2.75) is 79.6 Å². The number of benzene rings is 3. The lowest BCUT2D eigenvalue weighted by molar-refractivity contribution is 0.0967. The molecule has 12 heteroatoms. The summed E-state index contributed by atoms with van der Waals surface area (Å²) in [5, 5.41) is 78.4. The Balaban J connectivity index is 2.45. The van der Waals surface area contributed by atoms with Gasteiger partial charge in [-0.2, -0.15) is 0 Å². The van der Waals surface area contributed by atoms with Crippen molar-refractivity contribution in [3.8, 4) is 51.7 Å². The molecule has 0 unspecified atom stereocenters. The number of carbonyl (C=O) groups excluding carboxylic acids is 3. The minimum absolute atomic E-state index is 0.00174. The van der Waals surface area contributed by atoms with Crippen LogP contribution in [0.5, 0.6) is 51.7 Å². The van der Waals surface area contributed by atoms with E-state index < -0.39 is 76.0 Å². The van der Waals surface area contributed by atoms with E-state index in [1.54, 1.807) is 13.8 Å². The first kappa shape index (κ1) is 36.3. The Bertz CT molecular complexity index is 1750. The second kappa shape index (κ2) is 14.5. The molecule has 0 atom stereocenters. The van der Waals surface area contributed by atoms with Crippen molar-refractivity contribution in [1.82, 2.24) is 0 Å². The molecule has 7 N–H and O–H groups in total. The standard InChI is InChI=1S/C35H42O12/c1-8-11-22(37)25-28(40)16(5)35(47-7)20(33(25)45)14-18-29(41)17(30(42)26(31(18)43)23(38)12-9-2)13-19-32(44)24(21(36)10-3)27(39)15(4)34(19)46-6/h39-45H,8-14H2,1-7H3. The van der Waals surface area contributed by atoms with E-state index in [0.717, 1.165) is 0 Å². The number of Topliss-reactive ketones (excluding diaryl/α,β-unsaturated/α-hetero) is 3. The van der Waals surface area contributed by atoms with Gasteiger partial charge in [0, 0.05) is 65.5 Å². The summed E-state index contributed by atoms with van der Waals surface area (Å²) in [7, 11) is 2.51. The van der Waals surface area contributed by atoms with Crippen molar-refractivity contribution >= 4 is 17.3 Å². The zero-order chi connectivity index (χ0) is 35.5. The van der Waals surface area contributed by atoms with Gasteiger partial charge in [-0.25, -0.2) is 0 Å². The number of ether oxygens (including phenoxy) is 2. The fourth-order valence-electron chi connectivity index (χ4n) is 5.85. The molecule has 0 heterocycles. The lowest BCUT2D eigenvalue weighted by atomic mass is 9.87. The second-order valence-electron chi connectivity index (χ2n) is 11.3. The van der Waals surface area contributed by atoms with Crippen LogP contribution in [0.1, 0.15) is 117 Å². The molecule has 254 valence electrons. The topological polar surface area (TPSA) is 211 Å². The highest BCUT2D eigenvalue weighted by Gasteiger charge is 2.33. The molecule has 12 nitrogen and oxygen atoms in total. The lowest BCUT2D eigenvalue weighted by Crippen LogP contribution is -2.09. The number of hydrogen-bond acceptors (Lipinski definition) is 12. The molecule has 0 aliphatic heterocycles. The third kappa shape index (κ3) is 6.32. The molecule has 0 saturated heterocycles. The molecule has 0 aliphatic carbocycles. The number of phenolic OH excluding ortho intramolecular Hbond substituents is 7. The number of rotatable bonds is 14. The van der Waals surface area contributed by atoms with Crippen LogP contribution in [0.15, 0.2) is 0 Å². The van der Waals surface area contributed by atoms with Gasteiger partial charge in [-0.3, -0.25) is 14.4 Å². The highest BCUT2D eigenvalue weighted by molar-refractivity contribution is 6.04. The quantitative estimate of drug-likeness (QED) is 0.0998. The summed E-state index contributed by atoms with van der Waals surface area (Å²) in [6.07, 6.45) is -0.500. The SMILES string of the molecule is CCCC(=O)c1c(O)c(Cc2c(O)c(C(=O)CC)c(O)c(C)c2OC)c(O)c(Cc2c(O)c(C(=O)CCC)c(O)c(C)c2OC)c1O. The van der Waals surface area contributed by atoms with Gasteiger partial charge in [-0.15, -0.1) is 0 Å². The normalized spacial score (nSPS) is 11.0. The van der Waals surface area contributed by atoms with Gasteiger partial charge in [-0.05, 0) is 26.7 Å². The first-order valence-electron chi connectivity index (χ1n) is 15.2. The molecule has 47 heavy (non-hydrogen) atoms. The van der Waals surface area contributed by atoms with Crippen LogP contribution in [0.3, 0.4) is 0 Å². The van der Waals surface area contributed by atoms with Gasteiger partial charge >= 0.3 is 0 Å². The fourth-order valence-corrected chi connectivity index (χ4v) is 5.85. The van der Waals surface area contributed by atoms with Crippen LogP contribution in [-0.4, -0.2) is 67.3 Å². The summed E-state index contributed by atoms with van der Waals surface area (Å²) in [4.78, 5) is 38.9. The Labute approximate surface area is 272 Å². The van der Waals surface area contributed by atoms with Crippen molar-refractivity contribution < 1.29 is 59.6 Å². The first-order valence-corrected chi connectivity index (χ1v) is 15.2. The van der Waals surface area contributed by atoms with E-state index in [4.69, 9.17) is 9.47 Å². The summed E-state index contributed by atoms with van der Waals surface area (Å²) in [6.45, 7) is 7.89. The number of phenols is 7. The van der Waals surface area contributed by atoms with Crippen LogP contribution in [0.4, 0.5) is 0 Å². The molecular formula is C35H42O12. The van der Waals surface area contributed by atoms with Crippen molar-refractivity contribution in [2.24, 2.45) is 0 Å². The Morgan fingerprint density at radius 2 is 0.809 bits per heavy atom. The maximum absolute atomic E-state index is 13.3. The molecule has 3 rings (SSSR count). The highest BCUT2D eigenvalue weighted by atomic mass is 16.5. The van der Waals surface area contributed by atoms with Crippen LogP contribution >= 0.6 is 0 Å². The van der Waals surface area contributed by atoms with Crippen molar-refractivity contribution in [2.75, 3.05) is 14.2 Å². The zero-order valence-corrected chi connectivity index (χ0v) is 27.6. The molecule has 0 saturated carbocycles. The van der Waals surface area contributed by atoms with E-state index in [0.29, 0.717) is 12.8 Å². The average Bonchev–Trinajstić information content (AvgIpc) is 3.02. The minimum atomic E-state index is -0.797. The van der Waals surface area contributed by atoms with Gasteiger partial charge in [-0.1, -0.05) is 20.8 Å². The van der Waals surface area contributed by atoms with Crippen LogP contribution in [0.2, 0.25) is 0 Å². The predicted molar refractivity (Wildman–Crippen MR) is 172 cm³/mol. The molecule has 0 bridgehead atoms. The Hall–Kier alpha value is -5.13. The monoisotopic (exact) mass is 654 g/mol. The molecule has 3 aromatic carbocycles. The number of ketones is 3. The number of methoxy groups -OCH3 is 2. The van der Waals surface area contributed by atoms with Gasteiger partial charge in [0.15, 0.2) is 17.3 Å². The second-order valence-corrected chi connectivity index (χ2v) is 11.3. The fraction of sp³-hybridized carbons (Fsp3) is 0.400. The van der Waals surface area contributed by atoms with Crippen LogP contribution < -0.4 is 9.47 Å². The molecule has 0 aromatic heterocycles. The van der Waals surface area contributed by atoms with E-state index in [2.05, 4.69) is 0 Å². The predicted octanol–water partition coefficient (Wildman–Crippen LogP) is 6.00. The van der Waals surface area contributed by atoms with Crippen LogP contribution in [0, 0.1) is 13.8 Å².